The van der Waals surface area contributed by atoms with Gasteiger partial charge in [0.2, 0.25) is 11.8 Å². The number of amides is 4. The molecule has 4 aliphatic rings. The molecule has 17 nitrogen and oxygen atoms in total. The Labute approximate surface area is 371 Å². The van der Waals surface area contributed by atoms with Gasteiger partial charge in [-0.2, -0.15) is 0 Å². The lowest BCUT2D eigenvalue weighted by Crippen LogP contribution is -2.61. The summed E-state index contributed by atoms with van der Waals surface area (Å²) in [7, 11) is 2.58. The molecule has 6 N–H and O–H groups in total. The van der Waals surface area contributed by atoms with Crippen molar-refractivity contribution < 1.29 is 38.1 Å². The van der Waals surface area contributed by atoms with E-state index in [0.29, 0.717) is 63.7 Å². The predicted molar refractivity (Wildman–Crippen MR) is 238 cm³/mol. The monoisotopic (exact) mass is 875 g/mol. The topological polar surface area (TPSA) is 219 Å². The summed E-state index contributed by atoms with van der Waals surface area (Å²) < 4.78 is 21.7. The van der Waals surface area contributed by atoms with Crippen molar-refractivity contribution >= 4 is 45.8 Å². The number of imidazole rings is 2. The van der Waals surface area contributed by atoms with Crippen molar-refractivity contribution in [1.82, 2.24) is 40.4 Å². The van der Waals surface area contributed by atoms with Crippen LogP contribution in [-0.4, -0.2) is 106 Å². The molecule has 3 fully saturated rings. The highest BCUT2D eigenvalue weighted by Crippen LogP contribution is 2.44. The van der Waals surface area contributed by atoms with Crippen LogP contribution in [0.5, 0.6) is 5.75 Å². The molecule has 64 heavy (non-hydrogen) atoms. The number of benzene rings is 3. The number of hydrogen-bond donors (Lipinski definition) is 5. The number of ether oxygens (including phenoxy) is 4. The number of methoxy groups -OCH3 is 2. The Morgan fingerprint density at radius 2 is 1.70 bits per heavy atom. The third-order valence-corrected chi connectivity index (χ3v) is 13.7. The molecule has 2 aromatic heterocycles. The van der Waals surface area contributed by atoms with E-state index in [9.17, 15) is 19.2 Å². The van der Waals surface area contributed by atoms with Crippen molar-refractivity contribution in [1.29, 1.82) is 0 Å². The van der Waals surface area contributed by atoms with Gasteiger partial charge in [-0.25, -0.2) is 19.6 Å². The smallest absolute Gasteiger partial charge is 0.407 e. The lowest BCUT2D eigenvalue weighted by Gasteiger charge is -2.40. The van der Waals surface area contributed by atoms with Gasteiger partial charge < -0.3 is 55.1 Å². The van der Waals surface area contributed by atoms with Crippen LogP contribution in [0.25, 0.3) is 44.2 Å². The van der Waals surface area contributed by atoms with Gasteiger partial charge in [0.05, 0.1) is 43.2 Å². The van der Waals surface area contributed by atoms with E-state index in [1.54, 1.807) is 11.1 Å². The molecule has 4 aliphatic heterocycles. The molecule has 4 amide bonds. The van der Waals surface area contributed by atoms with Gasteiger partial charge in [-0.1, -0.05) is 39.0 Å². The second-order valence-corrected chi connectivity index (χ2v) is 18.2. The van der Waals surface area contributed by atoms with E-state index >= 15 is 0 Å². The second kappa shape index (κ2) is 17.1. The molecule has 0 saturated carbocycles. The molecule has 0 unspecified atom stereocenters. The van der Waals surface area contributed by atoms with Crippen molar-refractivity contribution in [2.24, 2.45) is 23.5 Å². The van der Waals surface area contributed by atoms with E-state index in [4.69, 9.17) is 34.6 Å². The molecule has 0 spiro atoms. The lowest BCUT2D eigenvalue weighted by atomic mass is 9.90. The number of H-pyrrole nitrogens is 2. The molecule has 0 bridgehead atoms. The highest BCUT2D eigenvalue weighted by Gasteiger charge is 2.51. The van der Waals surface area contributed by atoms with E-state index in [1.807, 2.05) is 37.8 Å². The number of rotatable bonds is 9. The average Bonchev–Trinajstić information content (AvgIpc) is 4.12. The zero-order valence-electron chi connectivity index (χ0n) is 37.2. The number of carbonyl (C=O) groups excluding carboxylic acids is 4. The summed E-state index contributed by atoms with van der Waals surface area (Å²) >= 11 is 0. The summed E-state index contributed by atoms with van der Waals surface area (Å²) in [6.07, 6.45) is 3.61. The average molecular weight is 876 g/mol. The number of likely N-dealkylation sites (tertiary alicyclic amines) is 2. The summed E-state index contributed by atoms with van der Waals surface area (Å²) in [6, 6.07) is 12.5. The molecule has 338 valence electrons. The van der Waals surface area contributed by atoms with Crippen LogP contribution >= 0.6 is 0 Å². The van der Waals surface area contributed by atoms with Gasteiger partial charge in [-0.3, -0.25) is 9.59 Å². The first-order valence-corrected chi connectivity index (χ1v) is 22.3. The first kappa shape index (κ1) is 43.1. The summed E-state index contributed by atoms with van der Waals surface area (Å²) in [4.78, 5) is 73.3. The minimum Gasteiger partial charge on any atom is -0.488 e. The highest BCUT2D eigenvalue weighted by molar-refractivity contribution is 6.07. The molecule has 17 heteroatoms. The van der Waals surface area contributed by atoms with E-state index in [2.05, 4.69) is 57.9 Å². The molecule has 3 aromatic carbocycles. The van der Waals surface area contributed by atoms with Gasteiger partial charge in [-0.05, 0) is 103 Å². The van der Waals surface area contributed by atoms with Crippen molar-refractivity contribution in [2.45, 2.75) is 96.2 Å². The SMILES string of the molecule is COC(=O)N[C@H](C(=O)N1C[C@@H](C)C[C@H]1c1nc2ccc3cc4c(cc3c2[nH]1)OCc1cc(-c2cnc([C@]3(N)CC[C@H](C)N3C(=O)[C@@H](NC(=O)OC)C3CCOCC3)[nH]2)ccc1-4)C(C)C. The molecule has 6 atom stereocenters. The van der Waals surface area contributed by atoms with Crippen LogP contribution in [0.15, 0.2) is 48.7 Å². The lowest BCUT2D eigenvalue weighted by molar-refractivity contribution is -0.143. The van der Waals surface area contributed by atoms with E-state index < -0.39 is 29.9 Å². The number of nitrogens with one attached hydrogen (secondary N) is 4. The minimum absolute atomic E-state index is 0.122. The Kier molecular flexibility index (Phi) is 11.5. The Bertz CT molecular complexity index is 2620. The van der Waals surface area contributed by atoms with Crippen molar-refractivity contribution in [2.75, 3.05) is 34.0 Å². The van der Waals surface area contributed by atoms with Crippen LogP contribution in [-0.2, 0) is 36.1 Å². The van der Waals surface area contributed by atoms with Crippen molar-refractivity contribution in [3.63, 3.8) is 0 Å². The molecule has 9 rings (SSSR count). The standard InChI is InChI=1S/C47H57N9O8/c1-24(2)38(53-45(59)61-5)42(57)55-22-25(3)17-36(55)41-50-34-10-8-28-19-33-31-9-7-29(18-30(31)23-64-37(33)20-32(28)40(34)52-41)35-21-49-44(51-35)47(48)14-11-26(4)56(47)43(58)39(54-46(60)62-6)27-12-15-63-16-13-27/h7-10,18-21,24-27,36,38-39H,11-17,22-23,48H2,1-6H3,(H,49,51)(H,50,52)(H,53,59)(H,54,60)/t25-,26-,36-,38-,39-,47-/m0/s1. The zero-order chi connectivity index (χ0) is 45.0. The fraction of sp³-hybridized carbons (Fsp3) is 0.489. The number of aromatic amines is 2. The number of fused-ring (bicyclic) bond motifs is 6. The van der Waals surface area contributed by atoms with Crippen LogP contribution in [0.3, 0.4) is 0 Å². The number of nitrogens with zero attached hydrogens (tertiary/aromatic N) is 4. The maximum absolute atomic E-state index is 14.4. The Morgan fingerprint density at radius 3 is 2.45 bits per heavy atom. The van der Waals surface area contributed by atoms with Gasteiger partial charge in [-0.15, -0.1) is 0 Å². The molecule has 5 aromatic rings. The first-order valence-electron chi connectivity index (χ1n) is 22.3. The summed E-state index contributed by atoms with van der Waals surface area (Å²) in [5.74, 6) is 1.49. The Hall–Kier alpha value is -6.20. The third-order valence-electron chi connectivity index (χ3n) is 13.7. The molecular formula is C47H57N9O8. The van der Waals surface area contributed by atoms with Gasteiger partial charge in [0.25, 0.3) is 0 Å². The third kappa shape index (κ3) is 7.67. The fourth-order valence-corrected chi connectivity index (χ4v) is 10.2. The maximum atomic E-state index is 14.4. The zero-order valence-corrected chi connectivity index (χ0v) is 37.2. The van der Waals surface area contributed by atoms with Gasteiger partial charge >= 0.3 is 12.2 Å². The maximum Gasteiger partial charge on any atom is 0.407 e. The van der Waals surface area contributed by atoms with Gasteiger partial charge in [0.15, 0.2) is 5.66 Å². The summed E-state index contributed by atoms with van der Waals surface area (Å²) in [5.41, 5.74) is 12.3. The number of alkyl carbamates (subject to hydrolysis) is 2. The highest BCUT2D eigenvalue weighted by atomic mass is 16.5. The normalized spacial score (nSPS) is 23.1. The van der Waals surface area contributed by atoms with E-state index in [1.165, 1.54) is 14.2 Å². The number of hydrogen-bond acceptors (Lipinski definition) is 11. The Balaban J connectivity index is 0.972. The molecular weight excluding hydrogens is 819 g/mol. The van der Waals surface area contributed by atoms with E-state index in [0.717, 1.165) is 61.9 Å². The number of nitrogens with two attached hydrogens (primary N) is 1. The molecule has 3 saturated heterocycles. The quantitative estimate of drug-likeness (QED) is 0.112. The molecule has 6 heterocycles. The fourth-order valence-electron chi connectivity index (χ4n) is 10.2. The van der Waals surface area contributed by atoms with Crippen LogP contribution < -0.4 is 21.1 Å². The van der Waals surface area contributed by atoms with Gasteiger partial charge in [0.1, 0.15) is 36.1 Å². The van der Waals surface area contributed by atoms with Crippen molar-refractivity contribution in [3.05, 3.63) is 65.9 Å². The number of carbonyl (C=O) groups is 4. The largest absolute Gasteiger partial charge is 0.488 e. The molecule has 0 radical (unpaired) electrons. The number of aromatic nitrogens is 4. The van der Waals surface area contributed by atoms with Gasteiger partial charge in [0, 0.05) is 36.8 Å². The van der Waals surface area contributed by atoms with Crippen LogP contribution in [0, 0.1) is 17.8 Å². The predicted octanol–water partition coefficient (Wildman–Crippen LogP) is 6.23. The minimum atomic E-state index is -1.22. The van der Waals surface area contributed by atoms with E-state index in [-0.39, 0.29) is 41.7 Å². The second-order valence-electron chi connectivity index (χ2n) is 18.2. The van der Waals surface area contributed by atoms with Crippen molar-refractivity contribution in [3.8, 4) is 28.1 Å². The summed E-state index contributed by atoms with van der Waals surface area (Å²) in [6.45, 7) is 9.83. The first-order chi connectivity index (χ1) is 30.8. The summed E-state index contributed by atoms with van der Waals surface area (Å²) in [5, 5.41) is 7.50. The van der Waals surface area contributed by atoms with Crippen LogP contribution in [0.2, 0.25) is 0 Å². The van der Waals surface area contributed by atoms with Crippen LogP contribution in [0.4, 0.5) is 9.59 Å². The Morgan fingerprint density at radius 1 is 0.938 bits per heavy atom. The van der Waals surface area contributed by atoms with Crippen LogP contribution in [0.1, 0.15) is 83.1 Å². The molecule has 0 aliphatic carbocycles.